The molecule has 0 radical (unpaired) electrons. The van der Waals surface area contributed by atoms with Gasteiger partial charge in [-0.25, -0.2) is 0 Å². The fraction of sp³-hybridized carbons (Fsp3) is 0.308. The van der Waals surface area contributed by atoms with Gasteiger partial charge in [-0.1, -0.05) is 18.2 Å². The van der Waals surface area contributed by atoms with Gasteiger partial charge in [-0.05, 0) is 12.1 Å². The number of ether oxygens (including phenoxy) is 1. The van der Waals surface area contributed by atoms with Gasteiger partial charge >= 0.3 is 0 Å². The van der Waals surface area contributed by atoms with Gasteiger partial charge in [-0.3, -0.25) is 9.36 Å². The Hall–Kier alpha value is -2.25. The predicted molar refractivity (Wildman–Crippen MR) is 73.1 cm³/mol. The van der Waals surface area contributed by atoms with E-state index < -0.39 is 6.04 Å². The number of para-hydroxylation sites is 1. The van der Waals surface area contributed by atoms with E-state index in [9.17, 15) is 4.79 Å². The van der Waals surface area contributed by atoms with Gasteiger partial charge in [0.25, 0.3) is 0 Å². The second-order valence-electron chi connectivity index (χ2n) is 4.23. The topological polar surface area (TPSA) is 95.1 Å². The molecule has 1 aromatic heterocycles. The van der Waals surface area contributed by atoms with Gasteiger partial charge in [-0.15, -0.1) is 10.2 Å². The standard InChI is InChI=1S/C13H17N5O2/c1-20-8-11(14)13(19)15-7-12-17-16-9-18(12)10-5-3-2-4-6-10/h2-6,9,11H,7-8,14H2,1H3,(H,15,19). The second kappa shape index (κ2) is 6.78. The molecule has 1 heterocycles. The number of carbonyl (C=O) groups is 1. The Kier molecular flexibility index (Phi) is 4.80. The van der Waals surface area contributed by atoms with Crippen LogP contribution in [0, 0.1) is 0 Å². The Morgan fingerprint density at radius 3 is 2.90 bits per heavy atom. The maximum Gasteiger partial charge on any atom is 0.239 e. The van der Waals surface area contributed by atoms with Crippen molar-refractivity contribution in [3.8, 4) is 5.69 Å². The summed E-state index contributed by atoms with van der Waals surface area (Å²) < 4.78 is 6.64. The number of rotatable bonds is 6. The minimum absolute atomic E-state index is 0.178. The SMILES string of the molecule is COCC(N)C(=O)NCc1nncn1-c1ccccc1. The van der Waals surface area contributed by atoms with Crippen molar-refractivity contribution in [3.63, 3.8) is 0 Å². The summed E-state index contributed by atoms with van der Waals surface area (Å²) >= 11 is 0. The minimum atomic E-state index is -0.687. The third-order valence-corrected chi connectivity index (χ3v) is 2.76. The first-order valence-electron chi connectivity index (χ1n) is 6.19. The van der Waals surface area contributed by atoms with Gasteiger partial charge in [0.2, 0.25) is 5.91 Å². The first kappa shape index (κ1) is 14.2. The molecule has 7 nitrogen and oxygen atoms in total. The number of benzene rings is 1. The van der Waals surface area contributed by atoms with Crippen molar-refractivity contribution in [2.75, 3.05) is 13.7 Å². The minimum Gasteiger partial charge on any atom is -0.383 e. The Labute approximate surface area is 116 Å². The molecule has 0 saturated heterocycles. The van der Waals surface area contributed by atoms with E-state index in [0.29, 0.717) is 5.82 Å². The summed E-state index contributed by atoms with van der Waals surface area (Å²) in [6, 6.07) is 8.96. The molecule has 1 atom stereocenters. The van der Waals surface area contributed by atoms with Crippen LogP contribution in [-0.2, 0) is 16.1 Å². The highest BCUT2D eigenvalue weighted by atomic mass is 16.5. The van der Waals surface area contributed by atoms with E-state index in [1.807, 2.05) is 34.9 Å². The van der Waals surface area contributed by atoms with Crippen LogP contribution in [0.1, 0.15) is 5.82 Å². The molecule has 0 spiro atoms. The molecule has 1 amide bonds. The van der Waals surface area contributed by atoms with Crippen molar-refractivity contribution in [2.45, 2.75) is 12.6 Å². The second-order valence-corrected chi connectivity index (χ2v) is 4.23. The lowest BCUT2D eigenvalue weighted by molar-refractivity contribution is -0.123. The molecule has 20 heavy (non-hydrogen) atoms. The van der Waals surface area contributed by atoms with Crippen molar-refractivity contribution in [1.82, 2.24) is 20.1 Å². The predicted octanol–water partition coefficient (Wildman–Crippen LogP) is -0.143. The molecule has 106 valence electrons. The van der Waals surface area contributed by atoms with Gasteiger partial charge in [0.05, 0.1) is 13.2 Å². The zero-order chi connectivity index (χ0) is 14.4. The maximum absolute atomic E-state index is 11.7. The summed E-state index contributed by atoms with van der Waals surface area (Å²) in [5.41, 5.74) is 6.57. The Morgan fingerprint density at radius 1 is 1.45 bits per heavy atom. The molecule has 7 heteroatoms. The highest BCUT2D eigenvalue weighted by molar-refractivity contribution is 5.81. The van der Waals surface area contributed by atoms with E-state index >= 15 is 0 Å². The van der Waals surface area contributed by atoms with Crippen LogP contribution in [0.25, 0.3) is 5.69 Å². The molecule has 1 aromatic carbocycles. The summed E-state index contributed by atoms with van der Waals surface area (Å²) in [4.78, 5) is 11.7. The number of hydrogen-bond acceptors (Lipinski definition) is 5. The molecule has 0 saturated carbocycles. The lowest BCUT2D eigenvalue weighted by atomic mass is 10.3. The van der Waals surface area contributed by atoms with Crippen LogP contribution in [-0.4, -0.2) is 40.4 Å². The number of nitrogens with two attached hydrogens (primary N) is 1. The van der Waals surface area contributed by atoms with E-state index in [1.54, 1.807) is 6.33 Å². The Bertz CT molecular complexity index is 555. The normalized spacial score (nSPS) is 12.1. The fourth-order valence-electron chi connectivity index (χ4n) is 1.74. The number of nitrogens with zero attached hydrogens (tertiary/aromatic N) is 3. The van der Waals surface area contributed by atoms with Gasteiger partial charge < -0.3 is 15.8 Å². The van der Waals surface area contributed by atoms with Crippen molar-refractivity contribution < 1.29 is 9.53 Å². The zero-order valence-electron chi connectivity index (χ0n) is 11.2. The van der Waals surface area contributed by atoms with Crippen LogP contribution in [0.4, 0.5) is 0 Å². The van der Waals surface area contributed by atoms with E-state index in [2.05, 4.69) is 15.5 Å². The van der Waals surface area contributed by atoms with Gasteiger partial charge in [0.15, 0.2) is 5.82 Å². The molecule has 1 unspecified atom stereocenters. The van der Waals surface area contributed by atoms with Crippen molar-refractivity contribution >= 4 is 5.91 Å². The fourth-order valence-corrected chi connectivity index (χ4v) is 1.74. The summed E-state index contributed by atoms with van der Waals surface area (Å²) in [7, 11) is 1.50. The van der Waals surface area contributed by atoms with Crippen LogP contribution in [0.5, 0.6) is 0 Å². The molecule has 0 bridgehead atoms. The summed E-state index contributed by atoms with van der Waals surface area (Å²) in [5, 5.41) is 10.6. The molecule has 3 N–H and O–H groups in total. The summed E-state index contributed by atoms with van der Waals surface area (Å²) in [6.45, 7) is 0.433. The van der Waals surface area contributed by atoms with Crippen LogP contribution < -0.4 is 11.1 Å². The van der Waals surface area contributed by atoms with Gasteiger partial charge in [0, 0.05) is 12.8 Å². The summed E-state index contributed by atoms with van der Waals surface area (Å²) in [5.74, 6) is 0.351. The van der Waals surface area contributed by atoms with E-state index in [-0.39, 0.29) is 19.1 Å². The molecule has 0 fully saturated rings. The average molecular weight is 275 g/mol. The molecule has 0 aliphatic heterocycles. The van der Waals surface area contributed by atoms with Crippen LogP contribution >= 0.6 is 0 Å². The van der Waals surface area contributed by atoms with E-state index in [0.717, 1.165) is 5.69 Å². The quantitative estimate of drug-likeness (QED) is 0.765. The summed E-state index contributed by atoms with van der Waals surface area (Å²) in [6.07, 6.45) is 1.60. The van der Waals surface area contributed by atoms with Crippen LogP contribution in [0.2, 0.25) is 0 Å². The average Bonchev–Trinajstić information content (AvgIpc) is 2.94. The van der Waals surface area contributed by atoms with E-state index in [4.69, 9.17) is 10.5 Å². The van der Waals surface area contributed by atoms with E-state index in [1.165, 1.54) is 7.11 Å². The third kappa shape index (κ3) is 3.40. The first-order chi connectivity index (χ1) is 9.72. The molecule has 0 aliphatic carbocycles. The molecule has 0 aliphatic rings. The lowest BCUT2D eigenvalue weighted by Crippen LogP contribution is -2.43. The molecule has 2 rings (SSSR count). The third-order valence-electron chi connectivity index (χ3n) is 2.76. The number of carbonyl (C=O) groups excluding carboxylic acids is 1. The highest BCUT2D eigenvalue weighted by Gasteiger charge is 2.14. The van der Waals surface area contributed by atoms with Crippen LogP contribution in [0.15, 0.2) is 36.7 Å². The van der Waals surface area contributed by atoms with Crippen molar-refractivity contribution in [2.24, 2.45) is 5.73 Å². The maximum atomic E-state index is 11.7. The van der Waals surface area contributed by atoms with Crippen molar-refractivity contribution in [1.29, 1.82) is 0 Å². The zero-order valence-corrected chi connectivity index (χ0v) is 11.2. The number of hydrogen-bond donors (Lipinski definition) is 2. The van der Waals surface area contributed by atoms with Crippen LogP contribution in [0.3, 0.4) is 0 Å². The Balaban J connectivity index is 2.01. The molecule has 2 aromatic rings. The number of methoxy groups -OCH3 is 1. The van der Waals surface area contributed by atoms with Gasteiger partial charge in [-0.2, -0.15) is 0 Å². The number of nitrogens with one attached hydrogen (secondary N) is 1. The van der Waals surface area contributed by atoms with Gasteiger partial charge in [0.1, 0.15) is 12.4 Å². The first-order valence-corrected chi connectivity index (χ1v) is 6.19. The number of amides is 1. The Morgan fingerprint density at radius 2 is 2.20 bits per heavy atom. The largest absolute Gasteiger partial charge is 0.383 e. The smallest absolute Gasteiger partial charge is 0.239 e. The molecular formula is C13H17N5O2. The lowest BCUT2D eigenvalue weighted by Gasteiger charge is -2.11. The number of aromatic nitrogens is 3. The molecular weight excluding hydrogens is 258 g/mol. The highest BCUT2D eigenvalue weighted by Crippen LogP contribution is 2.08. The monoisotopic (exact) mass is 275 g/mol. The van der Waals surface area contributed by atoms with Crippen molar-refractivity contribution in [3.05, 3.63) is 42.5 Å².